The number of nitrogens with one attached hydrogen (secondary N) is 2. The highest BCUT2D eigenvalue weighted by Crippen LogP contribution is 2.20. The molecule has 0 aromatic carbocycles. The molecule has 0 saturated carbocycles. The van der Waals surface area contributed by atoms with E-state index in [1.165, 1.54) is 0 Å². The zero-order chi connectivity index (χ0) is 13.3. The topological polar surface area (TPSA) is 123 Å². The van der Waals surface area contributed by atoms with Gasteiger partial charge in [0.25, 0.3) is 5.91 Å². The minimum absolute atomic E-state index is 0.0325. The van der Waals surface area contributed by atoms with E-state index in [0.717, 1.165) is 11.3 Å². The quantitative estimate of drug-likeness (QED) is 0.728. The number of nitrogens with zero attached hydrogens (tertiary/aromatic N) is 3. The molecule has 96 valence electrons. The molecule has 0 fully saturated rings. The molecular formula is C10H14N6O2. The number of aromatic amines is 1. The van der Waals surface area contributed by atoms with Gasteiger partial charge < -0.3 is 15.6 Å². The smallest absolute Gasteiger partial charge is 0.289 e. The lowest BCUT2D eigenvalue weighted by atomic mass is 10.1. The van der Waals surface area contributed by atoms with Crippen LogP contribution in [0.15, 0.2) is 4.52 Å². The molecule has 2 aromatic heterocycles. The summed E-state index contributed by atoms with van der Waals surface area (Å²) in [6, 6.07) is -0.241. The van der Waals surface area contributed by atoms with Gasteiger partial charge in [0.05, 0.1) is 11.7 Å². The SMILES string of the molecule is Cc1noc(C)c1C(C)NC(=O)c1nc(N)n[nH]1. The molecule has 1 atom stereocenters. The molecule has 2 heterocycles. The standard InChI is InChI=1S/C10H14N6O2/c1-4(7-5(2)16-18-6(7)3)12-9(17)8-13-10(11)15-14-8/h4H,1-3H3,(H,12,17)(H3,11,13,14,15). The molecule has 0 spiro atoms. The average molecular weight is 250 g/mol. The molecule has 8 heteroatoms. The number of hydrogen-bond acceptors (Lipinski definition) is 6. The maximum absolute atomic E-state index is 11.8. The van der Waals surface area contributed by atoms with Crippen molar-refractivity contribution < 1.29 is 9.32 Å². The van der Waals surface area contributed by atoms with Crippen molar-refractivity contribution in [2.75, 3.05) is 5.73 Å². The zero-order valence-corrected chi connectivity index (χ0v) is 10.3. The van der Waals surface area contributed by atoms with E-state index in [1.54, 1.807) is 6.92 Å². The van der Waals surface area contributed by atoms with Gasteiger partial charge in [-0.15, -0.1) is 5.10 Å². The van der Waals surface area contributed by atoms with E-state index >= 15 is 0 Å². The van der Waals surface area contributed by atoms with E-state index in [2.05, 4.69) is 25.7 Å². The molecular weight excluding hydrogens is 236 g/mol. The van der Waals surface area contributed by atoms with Crippen molar-refractivity contribution in [3.05, 3.63) is 22.8 Å². The highest BCUT2D eigenvalue weighted by molar-refractivity contribution is 5.90. The van der Waals surface area contributed by atoms with Gasteiger partial charge in [0, 0.05) is 5.56 Å². The Morgan fingerprint density at radius 3 is 2.72 bits per heavy atom. The highest BCUT2D eigenvalue weighted by atomic mass is 16.5. The predicted octanol–water partition coefficient (Wildman–Crippen LogP) is 0.483. The minimum atomic E-state index is -0.383. The molecule has 1 amide bonds. The second-order valence-electron chi connectivity index (χ2n) is 3.98. The van der Waals surface area contributed by atoms with Gasteiger partial charge in [-0.05, 0) is 20.8 Å². The zero-order valence-electron chi connectivity index (χ0n) is 10.3. The molecule has 4 N–H and O–H groups in total. The van der Waals surface area contributed by atoms with Crippen molar-refractivity contribution in [2.24, 2.45) is 0 Å². The third-order valence-corrected chi connectivity index (χ3v) is 2.59. The van der Waals surface area contributed by atoms with Crippen molar-refractivity contribution in [1.29, 1.82) is 0 Å². The van der Waals surface area contributed by atoms with Gasteiger partial charge >= 0.3 is 0 Å². The maximum atomic E-state index is 11.8. The number of aromatic nitrogens is 4. The van der Waals surface area contributed by atoms with Crippen LogP contribution in [0.3, 0.4) is 0 Å². The number of rotatable bonds is 3. The van der Waals surface area contributed by atoms with E-state index in [0.29, 0.717) is 5.76 Å². The maximum Gasteiger partial charge on any atom is 0.289 e. The fraction of sp³-hybridized carbons (Fsp3) is 0.400. The Labute approximate surface area is 103 Å². The Morgan fingerprint density at radius 1 is 1.50 bits per heavy atom. The van der Waals surface area contributed by atoms with E-state index in [9.17, 15) is 4.79 Å². The molecule has 8 nitrogen and oxygen atoms in total. The summed E-state index contributed by atoms with van der Waals surface area (Å²) >= 11 is 0. The largest absolute Gasteiger partial charge is 0.366 e. The molecule has 18 heavy (non-hydrogen) atoms. The molecule has 2 aromatic rings. The Hall–Kier alpha value is -2.38. The van der Waals surface area contributed by atoms with Crippen LogP contribution in [0.5, 0.6) is 0 Å². The van der Waals surface area contributed by atoms with Gasteiger partial charge in [-0.1, -0.05) is 5.16 Å². The number of hydrogen-bond donors (Lipinski definition) is 3. The van der Waals surface area contributed by atoms with Crippen LogP contribution in [0.4, 0.5) is 5.95 Å². The normalized spacial score (nSPS) is 12.4. The number of nitrogens with two attached hydrogens (primary N) is 1. The monoisotopic (exact) mass is 250 g/mol. The van der Waals surface area contributed by atoms with E-state index in [4.69, 9.17) is 10.3 Å². The fourth-order valence-corrected chi connectivity index (χ4v) is 1.82. The average Bonchev–Trinajstić information content (AvgIpc) is 2.85. The summed E-state index contributed by atoms with van der Waals surface area (Å²) in [5.41, 5.74) is 6.94. The number of amides is 1. The Balaban J connectivity index is 2.13. The van der Waals surface area contributed by atoms with Crippen LogP contribution in [0, 0.1) is 13.8 Å². The van der Waals surface area contributed by atoms with E-state index < -0.39 is 0 Å². The lowest BCUT2D eigenvalue weighted by Gasteiger charge is -2.12. The van der Waals surface area contributed by atoms with Gasteiger partial charge in [-0.3, -0.25) is 9.89 Å². The first kappa shape index (κ1) is 12.1. The molecule has 0 aliphatic rings. The van der Waals surface area contributed by atoms with Crippen LogP contribution in [-0.4, -0.2) is 26.2 Å². The predicted molar refractivity (Wildman–Crippen MR) is 62.7 cm³/mol. The van der Waals surface area contributed by atoms with Gasteiger partial charge in [0.1, 0.15) is 5.76 Å². The number of carbonyl (C=O) groups is 1. The molecule has 0 aliphatic carbocycles. The van der Waals surface area contributed by atoms with Crippen molar-refractivity contribution in [1.82, 2.24) is 25.7 Å². The summed E-state index contributed by atoms with van der Waals surface area (Å²) in [4.78, 5) is 15.6. The Kier molecular flexibility index (Phi) is 3.00. The molecule has 0 aliphatic heterocycles. The van der Waals surface area contributed by atoms with Crippen LogP contribution in [0.1, 0.15) is 40.6 Å². The highest BCUT2D eigenvalue weighted by Gasteiger charge is 2.20. The first-order valence-electron chi connectivity index (χ1n) is 5.40. The van der Waals surface area contributed by atoms with E-state index in [1.807, 2.05) is 13.8 Å². The van der Waals surface area contributed by atoms with Crippen molar-refractivity contribution in [2.45, 2.75) is 26.8 Å². The van der Waals surface area contributed by atoms with Crippen LogP contribution in [0.25, 0.3) is 0 Å². The lowest BCUT2D eigenvalue weighted by Crippen LogP contribution is -2.28. The summed E-state index contributed by atoms with van der Waals surface area (Å²) in [7, 11) is 0. The Morgan fingerprint density at radius 2 is 2.22 bits per heavy atom. The summed E-state index contributed by atoms with van der Waals surface area (Å²) in [6.07, 6.45) is 0. The third-order valence-electron chi connectivity index (χ3n) is 2.59. The third kappa shape index (κ3) is 2.17. The molecule has 0 bridgehead atoms. The number of nitrogen functional groups attached to an aromatic ring is 1. The molecule has 1 unspecified atom stereocenters. The minimum Gasteiger partial charge on any atom is -0.366 e. The number of carbonyl (C=O) groups excluding carboxylic acids is 1. The fourth-order valence-electron chi connectivity index (χ4n) is 1.82. The summed E-state index contributed by atoms with van der Waals surface area (Å²) in [6.45, 7) is 5.45. The van der Waals surface area contributed by atoms with Crippen molar-refractivity contribution in [3.63, 3.8) is 0 Å². The summed E-state index contributed by atoms with van der Waals surface area (Å²) in [5.74, 6) is 0.403. The van der Waals surface area contributed by atoms with E-state index in [-0.39, 0.29) is 23.7 Å². The number of H-pyrrole nitrogens is 1. The Bertz CT molecular complexity index is 553. The lowest BCUT2D eigenvalue weighted by molar-refractivity contribution is 0.0929. The van der Waals surface area contributed by atoms with Gasteiger partial charge in [0.15, 0.2) is 0 Å². The van der Waals surface area contributed by atoms with Gasteiger partial charge in [0.2, 0.25) is 11.8 Å². The van der Waals surface area contributed by atoms with Gasteiger partial charge in [-0.25, -0.2) is 0 Å². The second-order valence-corrected chi connectivity index (χ2v) is 3.98. The first-order valence-corrected chi connectivity index (χ1v) is 5.40. The number of anilines is 1. The summed E-state index contributed by atoms with van der Waals surface area (Å²) in [5, 5.41) is 12.6. The molecule has 0 saturated heterocycles. The van der Waals surface area contributed by atoms with Crippen LogP contribution < -0.4 is 11.1 Å². The number of aryl methyl sites for hydroxylation is 2. The van der Waals surface area contributed by atoms with Crippen molar-refractivity contribution in [3.8, 4) is 0 Å². The van der Waals surface area contributed by atoms with Crippen molar-refractivity contribution >= 4 is 11.9 Å². The summed E-state index contributed by atoms with van der Waals surface area (Å²) < 4.78 is 5.05. The molecule has 0 radical (unpaired) electrons. The van der Waals surface area contributed by atoms with Crippen LogP contribution in [0.2, 0.25) is 0 Å². The van der Waals surface area contributed by atoms with Gasteiger partial charge in [-0.2, -0.15) is 4.98 Å². The van der Waals surface area contributed by atoms with Crippen LogP contribution >= 0.6 is 0 Å². The van der Waals surface area contributed by atoms with Crippen LogP contribution in [-0.2, 0) is 0 Å². The molecule has 2 rings (SSSR count). The first-order chi connectivity index (χ1) is 8.49. The second kappa shape index (κ2) is 4.47.